The van der Waals surface area contributed by atoms with Gasteiger partial charge >= 0.3 is 0 Å². The maximum atomic E-state index is 3.73. The van der Waals surface area contributed by atoms with Gasteiger partial charge < -0.3 is 9.88 Å². The van der Waals surface area contributed by atoms with E-state index in [1.54, 1.807) is 0 Å². The number of anilines is 2. The molecule has 8 rings (SSSR count). The lowest BCUT2D eigenvalue weighted by atomic mass is 9.82. The topological polar surface area (TPSA) is 17.0 Å². The molecule has 6 aromatic carbocycles. The third-order valence-corrected chi connectivity index (χ3v) is 8.78. The normalized spacial score (nSPS) is 13.3. The number of para-hydroxylation sites is 1. The van der Waals surface area contributed by atoms with Gasteiger partial charge in [0.25, 0.3) is 0 Å². The molecule has 0 aliphatic heterocycles. The number of benzene rings is 6. The van der Waals surface area contributed by atoms with E-state index in [0.29, 0.717) is 0 Å². The van der Waals surface area contributed by atoms with Gasteiger partial charge in [0, 0.05) is 33.2 Å². The van der Waals surface area contributed by atoms with Crippen molar-refractivity contribution >= 4 is 33.2 Å². The number of hydrogen-bond acceptors (Lipinski definition) is 1. The van der Waals surface area contributed by atoms with Gasteiger partial charge in [-0.2, -0.15) is 0 Å². The highest BCUT2D eigenvalue weighted by atomic mass is 15.0. The molecule has 7 aromatic rings. The van der Waals surface area contributed by atoms with E-state index in [9.17, 15) is 0 Å². The summed E-state index contributed by atoms with van der Waals surface area (Å²) in [4.78, 5) is 0. The molecule has 1 aliphatic rings. The van der Waals surface area contributed by atoms with Gasteiger partial charge in [-0.05, 0) is 75.8 Å². The number of nitrogens with zero attached hydrogens (tertiary/aromatic N) is 1. The zero-order valence-corrected chi connectivity index (χ0v) is 23.2. The quantitative estimate of drug-likeness (QED) is 0.241. The smallest absolute Gasteiger partial charge is 0.0561 e. The van der Waals surface area contributed by atoms with E-state index in [2.05, 4.69) is 163 Å². The van der Waals surface area contributed by atoms with Crippen LogP contribution in [0.5, 0.6) is 0 Å². The lowest BCUT2D eigenvalue weighted by molar-refractivity contribution is 0.660. The summed E-state index contributed by atoms with van der Waals surface area (Å²) < 4.78 is 2.38. The Morgan fingerprint density at radius 3 is 1.98 bits per heavy atom. The van der Waals surface area contributed by atoms with Crippen LogP contribution in [0.2, 0.25) is 0 Å². The summed E-state index contributed by atoms with van der Waals surface area (Å²) in [5.74, 6) is 0. The Kier molecular flexibility index (Phi) is 5.20. The Balaban J connectivity index is 1.21. The standard InChI is InChI=1S/C39H30N2/c1-39(2)35-14-8-6-12-31(35)32-22-18-28(24-36(32)39)40-29-19-23-34-33-13-7-9-15-37(33)41(38(34)25-29)30-20-16-27(17-21-30)26-10-4-3-5-11-26/h3-25,40H,1-2H3. The fourth-order valence-corrected chi connectivity index (χ4v) is 6.71. The highest BCUT2D eigenvalue weighted by molar-refractivity contribution is 6.10. The third kappa shape index (κ3) is 3.72. The predicted octanol–water partition coefficient (Wildman–Crippen LogP) is 10.5. The van der Waals surface area contributed by atoms with Gasteiger partial charge in [-0.1, -0.05) is 111 Å². The molecule has 2 nitrogen and oxygen atoms in total. The van der Waals surface area contributed by atoms with Crippen LogP contribution in [-0.4, -0.2) is 4.57 Å². The van der Waals surface area contributed by atoms with Gasteiger partial charge in [-0.25, -0.2) is 0 Å². The lowest BCUT2D eigenvalue weighted by Crippen LogP contribution is -2.15. The largest absolute Gasteiger partial charge is 0.355 e. The first-order valence-electron chi connectivity index (χ1n) is 14.3. The molecule has 196 valence electrons. The van der Waals surface area contributed by atoms with Crippen LogP contribution in [0.3, 0.4) is 0 Å². The van der Waals surface area contributed by atoms with Crippen LogP contribution in [0.4, 0.5) is 11.4 Å². The molecule has 41 heavy (non-hydrogen) atoms. The molecule has 0 radical (unpaired) electrons. The Morgan fingerprint density at radius 1 is 0.488 bits per heavy atom. The fourth-order valence-electron chi connectivity index (χ4n) is 6.71. The van der Waals surface area contributed by atoms with Crippen LogP contribution in [0.25, 0.3) is 49.7 Å². The second-order valence-electron chi connectivity index (χ2n) is 11.6. The van der Waals surface area contributed by atoms with Crippen LogP contribution in [0.1, 0.15) is 25.0 Å². The van der Waals surface area contributed by atoms with Crippen molar-refractivity contribution in [3.05, 3.63) is 151 Å². The van der Waals surface area contributed by atoms with Crippen LogP contribution in [0, 0.1) is 0 Å². The first kappa shape index (κ1) is 23.8. The molecule has 0 bridgehead atoms. The summed E-state index contributed by atoms with van der Waals surface area (Å²) in [6.07, 6.45) is 0. The van der Waals surface area contributed by atoms with E-state index in [-0.39, 0.29) is 5.41 Å². The number of hydrogen-bond donors (Lipinski definition) is 1. The number of rotatable bonds is 4. The fraction of sp³-hybridized carbons (Fsp3) is 0.0769. The average Bonchev–Trinajstić information content (AvgIpc) is 3.46. The van der Waals surface area contributed by atoms with Crippen molar-refractivity contribution in [2.75, 3.05) is 5.32 Å². The molecule has 0 saturated heterocycles. The molecule has 0 fully saturated rings. The molecule has 0 spiro atoms. The van der Waals surface area contributed by atoms with E-state index in [1.165, 1.54) is 55.2 Å². The minimum atomic E-state index is -0.0219. The van der Waals surface area contributed by atoms with Crippen molar-refractivity contribution in [3.8, 4) is 27.9 Å². The van der Waals surface area contributed by atoms with Crippen molar-refractivity contribution < 1.29 is 0 Å². The summed E-state index contributed by atoms with van der Waals surface area (Å²) >= 11 is 0. The van der Waals surface area contributed by atoms with Crippen molar-refractivity contribution in [2.45, 2.75) is 19.3 Å². The summed E-state index contributed by atoms with van der Waals surface area (Å²) in [6.45, 7) is 4.66. The van der Waals surface area contributed by atoms with Crippen LogP contribution < -0.4 is 5.32 Å². The minimum Gasteiger partial charge on any atom is -0.355 e. The first-order valence-corrected chi connectivity index (χ1v) is 14.3. The van der Waals surface area contributed by atoms with E-state index < -0.39 is 0 Å². The Bertz CT molecular complexity index is 2080. The molecule has 0 amide bonds. The Hall–Kier alpha value is -5.08. The van der Waals surface area contributed by atoms with Crippen molar-refractivity contribution in [3.63, 3.8) is 0 Å². The highest BCUT2D eigenvalue weighted by Gasteiger charge is 2.35. The lowest BCUT2D eigenvalue weighted by Gasteiger charge is -2.22. The monoisotopic (exact) mass is 526 g/mol. The summed E-state index contributed by atoms with van der Waals surface area (Å²) in [7, 11) is 0. The van der Waals surface area contributed by atoms with Crippen molar-refractivity contribution in [1.29, 1.82) is 0 Å². The van der Waals surface area contributed by atoms with Gasteiger partial charge in [0.15, 0.2) is 0 Å². The SMILES string of the molecule is CC1(C)c2ccccc2-c2ccc(Nc3ccc4c5ccccc5n(-c5ccc(-c6ccccc6)cc5)c4c3)cc21. The zero-order chi connectivity index (χ0) is 27.6. The maximum Gasteiger partial charge on any atom is 0.0561 e. The number of fused-ring (bicyclic) bond motifs is 6. The van der Waals surface area contributed by atoms with Gasteiger partial charge in [0.1, 0.15) is 0 Å². The van der Waals surface area contributed by atoms with Crippen LogP contribution in [-0.2, 0) is 5.41 Å². The van der Waals surface area contributed by atoms with Crippen molar-refractivity contribution in [1.82, 2.24) is 4.57 Å². The minimum absolute atomic E-state index is 0.0219. The van der Waals surface area contributed by atoms with Gasteiger partial charge in [0.05, 0.1) is 11.0 Å². The highest BCUT2D eigenvalue weighted by Crippen LogP contribution is 2.49. The molecule has 2 heteroatoms. The van der Waals surface area contributed by atoms with Crippen LogP contribution >= 0.6 is 0 Å². The third-order valence-electron chi connectivity index (χ3n) is 8.78. The molecule has 1 aromatic heterocycles. The number of nitrogens with one attached hydrogen (secondary N) is 1. The van der Waals surface area contributed by atoms with Gasteiger partial charge in [-0.15, -0.1) is 0 Å². The number of aromatic nitrogens is 1. The van der Waals surface area contributed by atoms with E-state index in [1.807, 2.05) is 0 Å². The average molecular weight is 527 g/mol. The zero-order valence-electron chi connectivity index (χ0n) is 23.2. The molecule has 1 heterocycles. The summed E-state index contributed by atoms with van der Waals surface area (Å²) in [5, 5.41) is 6.25. The molecule has 0 atom stereocenters. The van der Waals surface area contributed by atoms with Crippen molar-refractivity contribution in [2.24, 2.45) is 0 Å². The molecular weight excluding hydrogens is 496 g/mol. The van der Waals surface area contributed by atoms with E-state index in [4.69, 9.17) is 0 Å². The van der Waals surface area contributed by atoms with Crippen LogP contribution in [0.15, 0.2) is 140 Å². The molecule has 0 saturated carbocycles. The van der Waals surface area contributed by atoms with Gasteiger partial charge in [-0.3, -0.25) is 0 Å². The van der Waals surface area contributed by atoms with Gasteiger partial charge in [0.2, 0.25) is 0 Å². The predicted molar refractivity (Wildman–Crippen MR) is 174 cm³/mol. The van der Waals surface area contributed by atoms with E-state index in [0.717, 1.165) is 17.1 Å². The molecule has 1 N–H and O–H groups in total. The maximum absolute atomic E-state index is 3.73. The molecular formula is C39H30N2. The summed E-state index contributed by atoms with van der Waals surface area (Å²) in [5.41, 5.74) is 13.6. The van der Waals surface area contributed by atoms with E-state index >= 15 is 0 Å². The molecule has 1 aliphatic carbocycles. The Labute approximate surface area is 240 Å². The first-order chi connectivity index (χ1) is 20.1. The summed E-state index contributed by atoms with van der Waals surface area (Å²) in [6, 6.07) is 50.5. The second-order valence-corrected chi connectivity index (χ2v) is 11.6. The second kappa shape index (κ2) is 8.97. The Morgan fingerprint density at radius 2 is 1.12 bits per heavy atom. The molecule has 0 unspecified atom stereocenters.